The van der Waals surface area contributed by atoms with Gasteiger partial charge in [-0.25, -0.2) is 17.2 Å². The van der Waals surface area contributed by atoms with Crippen LogP contribution in [0.4, 0.5) is 14.5 Å². The van der Waals surface area contributed by atoms with Crippen molar-refractivity contribution in [3.05, 3.63) is 95.6 Å². The summed E-state index contributed by atoms with van der Waals surface area (Å²) in [6, 6.07) is 15.3. The largest absolute Gasteiger partial charge is 0.357 e. The van der Waals surface area contributed by atoms with Crippen molar-refractivity contribution in [3.8, 4) is 0 Å². The molecule has 0 aromatic heterocycles. The van der Waals surface area contributed by atoms with Gasteiger partial charge < -0.3 is 10.2 Å². The minimum absolute atomic E-state index is 0.0466. The molecule has 0 heterocycles. The number of nitrogens with one attached hydrogen (secondary N) is 1. The van der Waals surface area contributed by atoms with E-state index in [0.29, 0.717) is 5.56 Å². The quantitative estimate of drug-likeness (QED) is 0.472. The van der Waals surface area contributed by atoms with Gasteiger partial charge in [0.2, 0.25) is 11.8 Å². The summed E-state index contributed by atoms with van der Waals surface area (Å²) >= 11 is 0. The van der Waals surface area contributed by atoms with E-state index in [-0.39, 0.29) is 17.1 Å². The lowest BCUT2D eigenvalue weighted by Crippen LogP contribution is -2.50. The van der Waals surface area contributed by atoms with Gasteiger partial charge in [-0.15, -0.1) is 0 Å². The Kier molecular flexibility index (Phi) is 8.41. The number of benzene rings is 3. The van der Waals surface area contributed by atoms with E-state index in [1.807, 2.05) is 6.92 Å². The Morgan fingerprint density at radius 1 is 0.889 bits per heavy atom. The Morgan fingerprint density at radius 3 is 1.94 bits per heavy atom. The fourth-order valence-corrected chi connectivity index (χ4v) is 4.97. The highest BCUT2D eigenvalue weighted by Gasteiger charge is 2.32. The van der Waals surface area contributed by atoms with E-state index >= 15 is 0 Å². The third-order valence-electron chi connectivity index (χ3n) is 5.68. The predicted molar refractivity (Wildman–Crippen MR) is 133 cm³/mol. The molecule has 0 spiro atoms. The molecule has 190 valence electrons. The van der Waals surface area contributed by atoms with Crippen LogP contribution in [0, 0.1) is 18.6 Å². The molecule has 1 atom stereocenters. The third-order valence-corrected chi connectivity index (χ3v) is 7.47. The van der Waals surface area contributed by atoms with Gasteiger partial charge in [0.1, 0.15) is 24.2 Å². The van der Waals surface area contributed by atoms with Gasteiger partial charge in [-0.2, -0.15) is 0 Å². The van der Waals surface area contributed by atoms with Crippen LogP contribution in [0.25, 0.3) is 0 Å². The fraction of sp³-hybridized carbons (Fsp3) is 0.231. The van der Waals surface area contributed by atoms with E-state index in [2.05, 4.69) is 5.32 Å². The highest BCUT2D eigenvalue weighted by molar-refractivity contribution is 7.92. The molecule has 36 heavy (non-hydrogen) atoms. The number of carbonyl (C=O) groups excluding carboxylic acids is 2. The Labute approximate surface area is 209 Å². The van der Waals surface area contributed by atoms with Crippen molar-refractivity contribution in [1.82, 2.24) is 10.2 Å². The molecule has 0 aliphatic heterocycles. The Balaban J connectivity index is 2.01. The SMILES string of the molecule is CNC(=O)[C@@H](C)N(Cc1ccc(F)cc1)C(=O)CN(c1ccc(F)cc1)S(=O)(=O)c1ccc(C)cc1. The molecular formula is C26H27F2N3O4S. The first-order chi connectivity index (χ1) is 17.0. The number of sulfonamides is 1. The maximum Gasteiger partial charge on any atom is 0.264 e. The van der Waals surface area contributed by atoms with Gasteiger partial charge in [0, 0.05) is 13.6 Å². The number of carbonyl (C=O) groups is 2. The van der Waals surface area contributed by atoms with Crippen LogP contribution in [0.3, 0.4) is 0 Å². The molecule has 0 radical (unpaired) electrons. The van der Waals surface area contributed by atoms with Gasteiger partial charge in [0.25, 0.3) is 10.0 Å². The Morgan fingerprint density at radius 2 is 1.42 bits per heavy atom. The van der Waals surface area contributed by atoms with Crippen LogP contribution in [0.2, 0.25) is 0 Å². The predicted octanol–water partition coefficient (Wildman–Crippen LogP) is 3.63. The maximum atomic E-state index is 13.6. The van der Waals surface area contributed by atoms with E-state index in [4.69, 9.17) is 0 Å². The average Bonchev–Trinajstić information content (AvgIpc) is 2.86. The van der Waals surface area contributed by atoms with Crippen LogP contribution < -0.4 is 9.62 Å². The Hall–Kier alpha value is -3.79. The molecule has 0 unspecified atom stereocenters. The van der Waals surface area contributed by atoms with Gasteiger partial charge in [-0.3, -0.25) is 13.9 Å². The molecule has 7 nitrogen and oxygen atoms in total. The zero-order valence-corrected chi connectivity index (χ0v) is 20.9. The molecular weight excluding hydrogens is 488 g/mol. The molecule has 0 fully saturated rings. The maximum absolute atomic E-state index is 13.6. The molecule has 2 amide bonds. The molecule has 0 bridgehead atoms. The summed E-state index contributed by atoms with van der Waals surface area (Å²) < 4.78 is 55.0. The first kappa shape index (κ1) is 26.8. The normalized spacial score (nSPS) is 12.0. The highest BCUT2D eigenvalue weighted by atomic mass is 32.2. The summed E-state index contributed by atoms with van der Waals surface area (Å²) in [5, 5.41) is 2.48. The van der Waals surface area contributed by atoms with Crippen LogP contribution in [0.1, 0.15) is 18.1 Å². The summed E-state index contributed by atoms with van der Waals surface area (Å²) in [4.78, 5) is 27.1. The molecule has 0 aliphatic carbocycles. The monoisotopic (exact) mass is 515 g/mol. The summed E-state index contributed by atoms with van der Waals surface area (Å²) in [6.07, 6.45) is 0. The molecule has 3 aromatic rings. The van der Waals surface area contributed by atoms with E-state index in [1.165, 1.54) is 67.4 Å². The standard InChI is InChI=1S/C26H27F2N3O4S/c1-18-4-14-24(15-5-18)36(34,35)31(23-12-10-22(28)11-13-23)17-25(32)30(19(2)26(33)29-3)16-20-6-8-21(27)9-7-20/h4-15,19H,16-17H2,1-3H3,(H,29,33)/t19-/m1/s1. The molecule has 3 aromatic carbocycles. The van der Waals surface area contributed by atoms with Crippen LogP contribution in [-0.2, 0) is 26.2 Å². The van der Waals surface area contributed by atoms with E-state index in [1.54, 1.807) is 12.1 Å². The molecule has 3 rings (SSSR count). The molecule has 0 aliphatic rings. The van der Waals surface area contributed by atoms with Gasteiger partial charge >= 0.3 is 0 Å². The number of rotatable bonds is 9. The minimum Gasteiger partial charge on any atom is -0.357 e. The number of amides is 2. The number of nitrogens with zero attached hydrogens (tertiary/aromatic N) is 2. The topological polar surface area (TPSA) is 86.8 Å². The van der Waals surface area contributed by atoms with Crippen molar-refractivity contribution in [3.63, 3.8) is 0 Å². The zero-order chi connectivity index (χ0) is 26.5. The molecule has 0 saturated heterocycles. The van der Waals surface area contributed by atoms with Gasteiger partial charge in [0.15, 0.2) is 0 Å². The number of anilines is 1. The Bertz CT molecular complexity index is 1310. The summed E-state index contributed by atoms with van der Waals surface area (Å²) in [5.74, 6) is -2.15. The van der Waals surface area contributed by atoms with Crippen LogP contribution in [0.5, 0.6) is 0 Å². The summed E-state index contributed by atoms with van der Waals surface area (Å²) in [7, 11) is -2.81. The van der Waals surface area contributed by atoms with Gasteiger partial charge in [-0.1, -0.05) is 29.8 Å². The van der Waals surface area contributed by atoms with Crippen molar-refractivity contribution in [2.45, 2.75) is 31.3 Å². The number of hydrogen-bond acceptors (Lipinski definition) is 4. The van der Waals surface area contributed by atoms with Crippen molar-refractivity contribution in [2.24, 2.45) is 0 Å². The summed E-state index contributed by atoms with van der Waals surface area (Å²) in [5.41, 5.74) is 1.48. The molecule has 0 saturated carbocycles. The molecule has 10 heteroatoms. The highest BCUT2D eigenvalue weighted by Crippen LogP contribution is 2.25. The minimum atomic E-state index is -4.23. The van der Waals surface area contributed by atoms with Gasteiger partial charge in [-0.05, 0) is 67.9 Å². The second kappa shape index (κ2) is 11.3. The lowest BCUT2D eigenvalue weighted by atomic mass is 10.1. The van der Waals surface area contributed by atoms with Crippen molar-refractivity contribution < 1.29 is 26.8 Å². The number of halogens is 2. The fourth-order valence-electron chi connectivity index (χ4n) is 3.55. The second-order valence-corrected chi connectivity index (χ2v) is 10.1. The zero-order valence-electron chi connectivity index (χ0n) is 20.1. The van der Waals surface area contributed by atoms with Crippen molar-refractivity contribution >= 4 is 27.5 Å². The first-order valence-electron chi connectivity index (χ1n) is 11.1. The van der Waals surface area contributed by atoms with Gasteiger partial charge in [0.05, 0.1) is 10.6 Å². The average molecular weight is 516 g/mol. The second-order valence-electron chi connectivity index (χ2n) is 8.24. The summed E-state index contributed by atoms with van der Waals surface area (Å²) in [6.45, 7) is 2.61. The number of aryl methyl sites for hydroxylation is 1. The molecule has 1 N–H and O–H groups in total. The number of likely N-dealkylation sites (N-methyl/N-ethyl adjacent to an activating group) is 1. The van der Waals surface area contributed by atoms with E-state index in [0.717, 1.165) is 22.0 Å². The van der Waals surface area contributed by atoms with Crippen LogP contribution in [0.15, 0.2) is 77.7 Å². The van der Waals surface area contributed by atoms with Crippen LogP contribution in [-0.4, -0.2) is 44.8 Å². The smallest absolute Gasteiger partial charge is 0.264 e. The van der Waals surface area contributed by atoms with Crippen molar-refractivity contribution in [1.29, 1.82) is 0 Å². The van der Waals surface area contributed by atoms with E-state index in [9.17, 15) is 26.8 Å². The van der Waals surface area contributed by atoms with Crippen LogP contribution >= 0.6 is 0 Å². The lowest BCUT2D eigenvalue weighted by Gasteiger charge is -2.31. The van der Waals surface area contributed by atoms with E-state index < -0.39 is 46.1 Å². The number of hydrogen-bond donors (Lipinski definition) is 1. The lowest BCUT2D eigenvalue weighted by molar-refractivity contribution is -0.139. The first-order valence-corrected chi connectivity index (χ1v) is 12.6. The third kappa shape index (κ3) is 6.25. The van der Waals surface area contributed by atoms with Crippen molar-refractivity contribution in [2.75, 3.05) is 17.9 Å².